The third-order valence-corrected chi connectivity index (χ3v) is 3.76. The van der Waals surface area contributed by atoms with E-state index in [1.807, 2.05) is 6.92 Å². The first-order valence-electron chi connectivity index (χ1n) is 7.97. The van der Waals surface area contributed by atoms with Crippen LogP contribution in [-0.2, 0) is 7.05 Å². The van der Waals surface area contributed by atoms with Gasteiger partial charge in [-0.15, -0.1) is 10.2 Å². The van der Waals surface area contributed by atoms with Crippen LogP contribution in [0.4, 0.5) is 17.1 Å². The number of nitrogens with zero attached hydrogens (tertiary/aromatic N) is 5. The maximum absolute atomic E-state index is 12.3. The molecule has 0 aliphatic carbocycles. The fourth-order valence-electron chi connectivity index (χ4n) is 2.27. The van der Waals surface area contributed by atoms with Gasteiger partial charge in [0.15, 0.2) is 11.4 Å². The standard InChI is InChI=1S/C17H17N5O5/c1-4-7-27-11-5-6-13(14(8-11)22(25)26)19-20-15-10(2)12(9-18)16(23)21(3)17(15)24/h5-6,8,23H,4,7H2,1-3H3. The van der Waals surface area contributed by atoms with Crippen molar-refractivity contribution < 1.29 is 14.8 Å². The lowest BCUT2D eigenvalue weighted by atomic mass is 10.1. The van der Waals surface area contributed by atoms with Gasteiger partial charge < -0.3 is 9.84 Å². The van der Waals surface area contributed by atoms with Gasteiger partial charge in [0.25, 0.3) is 11.2 Å². The number of hydrogen-bond acceptors (Lipinski definition) is 8. The van der Waals surface area contributed by atoms with E-state index in [1.165, 1.54) is 32.2 Å². The Balaban J connectivity index is 2.53. The second kappa shape index (κ2) is 8.09. The summed E-state index contributed by atoms with van der Waals surface area (Å²) in [6, 6.07) is 5.89. The van der Waals surface area contributed by atoms with E-state index in [2.05, 4.69) is 10.2 Å². The molecule has 27 heavy (non-hydrogen) atoms. The number of aromatic nitrogens is 1. The van der Waals surface area contributed by atoms with E-state index in [9.17, 15) is 20.0 Å². The first-order chi connectivity index (χ1) is 12.8. The predicted octanol–water partition coefficient (Wildman–Crippen LogP) is 3.38. The van der Waals surface area contributed by atoms with Crippen molar-refractivity contribution in [2.45, 2.75) is 20.3 Å². The number of aromatic hydroxyl groups is 1. The number of rotatable bonds is 6. The SMILES string of the molecule is CCCOc1ccc(N=Nc2c(C)c(C#N)c(O)n(C)c2=O)c([N+](=O)[O-])c1. The zero-order valence-corrected chi connectivity index (χ0v) is 15.0. The minimum absolute atomic E-state index is 0.0723. The molecular weight excluding hydrogens is 354 g/mol. The molecule has 0 atom stereocenters. The summed E-state index contributed by atoms with van der Waals surface area (Å²) in [4.78, 5) is 22.9. The molecule has 10 nitrogen and oxygen atoms in total. The van der Waals surface area contributed by atoms with Gasteiger partial charge in [0.2, 0.25) is 5.88 Å². The fourth-order valence-corrected chi connectivity index (χ4v) is 2.27. The van der Waals surface area contributed by atoms with E-state index in [4.69, 9.17) is 10.00 Å². The highest BCUT2D eigenvalue weighted by Crippen LogP contribution is 2.33. The van der Waals surface area contributed by atoms with Gasteiger partial charge in [0, 0.05) is 12.6 Å². The zero-order chi connectivity index (χ0) is 20.1. The molecule has 0 aliphatic rings. The number of ether oxygens (including phenoxy) is 1. The van der Waals surface area contributed by atoms with Crippen LogP contribution < -0.4 is 10.3 Å². The normalized spacial score (nSPS) is 10.7. The molecule has 0 saturated heterocycles. The third-order valence-electron chi connectivity index (χ3n) is 3.76. The maximum atomic E-state index is 12.3. The van der Waals surface area contributed by atoms with Gasteiger partial charge in [-0.2, -0.15) is 5.26 Å². The summed E-state index contributed by atoms with van der Waals surface area (Å²) in [5.41, 5.74) is -1.26. The number of benzene rings is 1. The lowest BCUT2D eigenvalue weighted by Crippen LogP contribution is -2.18. The van der Waals surface area contributed by atoms with Crippen LogP contribution in [0, 0.1) is 28.4 Å². The Bertz CT molecular complexity index is 1020. The van der Waals surface area contributed by atoms with Crippen molar-refractivity contribution in [1.82, 2.24) is 4.57 Å². The topological polar surface area (TPSA) is 143 Å². The van der Waals surface area contributed by atoms with E-state index in [1.54, 1.807) is 6.07 Å². The predicted molar refractivity (Wildman–Crippen MR) is 95.9 cm³/mol. The molecular formula is C17H17N5O5. The van der Waals surface area contributed by atoms with E-state index in [-0.39, 0.29) is 28.2 Å². The van der Waals surface area contributed by atoms with Gasteiger partial charge in [0.1, 0.15) is 17.4 Å². The third kappa shape index (κ3) is 3.92. The number of nitro groups is 1. The summed E-state index contributed by atoms with van der Waals surface area (Å²) in [5.74, 6) is -0.159. The lowest BCUT2D eigenvalue weighted by Gasteiger charge is -2.08. The van der Waals surface area contributed by atoms with Crippen molar-refractivity contribution >= 4 is 17.1 Å². The minimum atomic E-state index is -0.682. The summed E-state index contributed by atoms with van der Waals surface area (Å²) in [7, 11) is 1.28. The largest absolute Gasteiger partial charge is 0.493 e. The molecule has 1 aromatic heterocycles. The van der Waals surface area contributed by atoms with E-state index >= 15 is 0 Å². The molecule has 0 fully saturated rings. The Hall–Kier alpha value is -3.74. The van der Waals surface area contributed by atoms with Crippen LogP contribution in [0.3, 0.4) is 0 Å². The molecule has 0 saturated carbocycles. The molecule has 2 aromatic rings. The molecule has 1 aromatic carbocycles. The number of hydrogen-bond donors (Lipinski definition) is 1. The second-order valence-electron chi connectivity index (χ2n) is 5.60. The van der Waals surface area contributed by atoms with Gasteiger partial charge in [0.05, 0.1) is 17.6 Å². The lowest BCUT2D eigenvalue weighted by molar-refractivity contribution is -0.384. The molecule has 2 rings (SSSR count). The molecule has 140 valence electrons. The van der Waals surface area contributed by atoms with Crippen LogP contribution in [-0.4, -0.2) is 21.2 Å². The van der Waals surface area contributed by atoms with Crippen molar-refractivity contribution in [1.29, 1.82) is 5.26 Å². The Morgan fingerprint density at radius 1 is 1.41 bits per heavy atom. The van der Waals surface area contributed by atoms with Crippen molar-refractivity contribution in [3.8, 4) is 17.7 Å². The van der Waals surface area contributed by atoms with Gasteiger partial charge in [-0.05, 0) is 25.5 Å². The zero-order valence-electron chi connectivity index (χ0n) is 15.0. The molecule has 1 N–H and O–H groups in total. The molecule has 0 amide bonds. The summed E-state index contributed by atoms with van der Waals surface area (Å²) < 4.78 is 6.22. The van der Waals surface area contributed by atoms with Crippen molar-refractivity contribution in [2.75, 3.05) is 6.61 Å². The van der Waals surface area contributed by atoms with Crippen LogP contribution in [0.2, 0.25) is 0 Å². The van der Waals surface area contributed by atoms with E-state index < -0.39 is 16.4 Å². The molecule has 0 bridgehead atoms. The number of nitriles is 1. The molecule has 0 unspecified atom stereocenters. The average Bonchev–Trinajstić information content (AvgIpc) is 2.65. The molecule has 1 heterocycles. The van der Waals surface area contributed by atoms with Gasteiger partial charge in [-0.3, -0.25) is 19.5 Å². The van der Waals surface area contributed by atoms with Gasteiger partial charge in [-0.25, -0.2) is 0 Å². The number of pyridine rings is 1. The van der Waals surface area contributed by atoms with Crippen LogP contribution in [0.25, 0.3) is 0 Å². The quantitative estimate of drug-likeness (QED) is 0.468. The fraction of sp³-hybridized carbons (Fsp3) is 0.294. The van der Waals surface area contributed by atoms with E-state index in [0.717, 1.165) is 11.0 Å². The first-order valence-corrected chi connectivity index (χ1v) is 7.97. The van der Waals surface area contributed by atoms with Crippen molar-refractivity contribution in [3.63, 3.8) is 0 Å². The number of nitro benzene ring substituents is 1. The minimum Gasteiger partial charge on any atom is -0.493 e. The highest BCUT2D eigenvalue weighted by molar-refractivity contribution is 5.61. The number of azo groups is 1. The molecule has 0 radical (unpaired) electrons. The molecule has 0 spiro atoms. The Kier molecular flexibility index (Phi) is 5.87. The summed E-state index contributed by atoms with van der Waals surface area (Å²) in [5, 5.41) is 37.9. The average molecular weight is 371 g/mol. The highest BCUT2D eigenvalue weighted by atomic mass is 16.6. The van der Waals surface area contributed by atoms with E-state index in [0.29, 0.717) is 12.4 Å². The summed E-state index contributed by atoms with van der Waals surface area (Å²) in [6.07, 6.45) is 0.750. The highest BCUT2D eigenvalue weighted by Gasteiger charge is 2.19. The van der Waals surface area contributed by atoms with Crippen LogP contribution in [0.5, 0.6) is 11.6 Å². The van der Waals surface area contributed by atoms with Crippen LogP contribution in [0.1, 0.15) is 24.5 Å². The van der Waals surface area contributed by atoms with Gasteiger partial charge >= 0.3 is 0 Å². The first kappa shape index (κ1) is 19.6. The van der Waals surface area contributed by atoms with Crippen LogP contribution in [0.15, 0.2) is 33.2 Å². The Labute approximate surface area is 154 Å². The molecule has 10 heteroatoms. The monoisotopic (exact) mass is 371 g/mol. The maximum Gasteiger partial charge on any atom is 0.300 e. The van der Waals surface area contributed by atoms with Crippen molar-refractivity contribution in [2.24, 2.45) is 17.3 Å². The summed E-state index contributed by atoms with van der Waals surface area (Å²) in [6.45, 7) is 3.76. The van der Waals surface area contributed by atoms with Gasteiger partial charge in [-0.1, -0.05) is 6.92 Å². The smallest absolute Gasteiger partial charge is 0.300 e. The second-order valence-corrected chi connectivity index (χ2v) is 5.60. The Morgan fingerprint density at radius 3 is 2.70 bits per heavy atom. The molecule has 0 aliphatic heterocycles. The summed E-state index contributed by atoms with van der Waals surface area (Å²) >= 11 is 0. The van der Waals surface area contributed by atoms with Crippen LogP contribution >= 0.6 is 0 Å². The van der Waals surface area contributed by atoms with Crippen molar-refractivity contribution in [3.05, 3.63) is 49.8 Å². The Morgan fingerprint density at radius 2 is 2.11 bits per heavy atom.